The van der Waals surface area contributed by atoms with Gasteiger partial charge in [0.15, 0.2) is 0 Å². The van der Waals surface area contributed by atoms with Gasteiger partial charge in [0, 0.05) is 24.5 Å². The number of aliphatic carboxylic acids is 1. The zero-order valence-electron chi connectivity index (χ0n) is 9.30. The van der Waals surface area contributed by atoms with Gasteiger partial charge in [-0.15, -0.1) is 0 Å². The second kappa shape index (κ2) is 4.82. The Labute approximate surface area is 98.1 Å². The number of aromatic nitrogens is 1. The quantitative estimate of drug-likeness (QED) is 0.873. The Hall–Kier alpha value is -2.10. The number of carboxylic acids is 1. The van der Waals surface area contributed by atoms with Crippen molar-refractivity contribution in [2.24, 2.45) is 0 Å². The minimum Gasteiger partial charge on any atom is -0.481 e. The molecule has 1 aromatic heterocycles. The summed E-state index contributed by atoms with van der Waals surface area (Å²) in [6, 6.07) is 9.25. The fraction of sp³-hybridized carbons (Fsp3) is 0.231. The lowest BCUT2D eigenvalue weighted by atomic mass is 10.2. The summed E-state index contributed by atoms with van der Waals surface area (Å²) in [4.78, 5) is 22.4. The molecule has 0 aliphatic heterocycles. The topological polar surface area (TPSA) is 59.3 Å². The van der Waals surface area contributed by atoms with Gasteiger partial charge >= 0.3 is 5.97 Å². The predicted octanol–water partition coefficient (Wildman–Crippen LogP) is 1.87. The van der Waals surface area contributed by atoms with Crippen LogP contribution in [-0.2, 0) is 11.3 Å². The summed E-state index contributed by atoms with van der Waals surface area (Å²) < 4.78 is 1.56. The molecule has 1 N–H and O–H groups in total. The van der Waals surface area contributed by atoms with Crippen molar-refractivity contribution in [3.8, 4) is 0 Å². The Bertz CT molecular complexity index is 601. The molecule has 4 heteroatoms. The van der Waals surface area contributed by atoms with Crippen molar-refractivity contribution >= 4 is 16.7 Å². The lowest BCUT2D eigenvalue weighted by Gasteiger charge is -2.05. The highest BCUT2D eigenvalue weighted by molar-refractivity contribution is 5.81. The highest BCUT2D eigenvalue weighted by atomic mass is 16.4. The fourth-order valence-corrected chi connectivity index (χ4v) is 1.81. The first-order valence-corrected chi connectivity index (χ1v) is 5.48. The van der Waals surface area contributed by atoms with Crippen molar-refractivity contribution in [2.75, 3.05) is 0 Å². The maximum Gasteiger partial charge on any atom is 0.303 e. The molecule has 0 saturated heterocycles. The molecule has 0 bridgehead atoms. The third-order valence-electron chi connectivity index (χ3n) is 2.68. The molecule has 4 nitrogen and oxygen atoms in total. The number of carbonyl (C=O) groups is 1. The second-order valence-corrected chi connectivity index (χ2v) is 3.90. The Morgan fingerprint density at radius 2 is 2.00 bits per heavy atom. The Balaban J connectivity index is 2.27. The van der Waals surface area contributed by atoms with E-state index in [-0.39, 0.29) is 12.0 Å². The average molecular weight is 231 g/mol. The monoisotopic (exact) mass is 231 g/mol. The van der Waals surface area contributed by atoms with Crippen LogP contribution in [0.25, 0.3) is 10.8 Å². The van der Waals surface area contributed by atoms with Crippen molar-refractivity contribution in [1.82, 2.24) is 4.57 Å². The molecule has 0 fully saturated rings. The minimum absolute atomic E-state index is 0.0616. The van der Waals surface area contributed by atoms with Gasteiger partial charge in [0.25, 0.3) is 5.56 Å². The summed E-state index contributed by atoms with van der Waals surface area (Å²) in [6.45, 7) is 0.440. The molecule has 0 amide bonds. The van der Waals surface area contributed by atoms with E-state index in [0.717, 1.165) is 5.39 Å². The number of fused-ring (bicyclic) bond motifs is 1. The highest BCUT2D eigenvalue weighted by Crippen LogP contribution is 2.08. The van der Waals surface area contributed by atoms with Crippen LogP contribution in [0.3, 0.4) is 0 Å². The molecule has 2 aromatic rings. The van der Waals surface area contributed by atoms with Crippen LogP contribution < -0.4 is 5.56 Å². The first-order chi connectivity index (χ1) is 8.18. The first kappa shape index (κ1) is 11.4. The van der Waals surface area contributed by atoms with Crippen LogP contribution in [0.5, 0.6) is 0 Å². The number of nitrogens with zero attached hydrogens (tertiary/aromatic N) is 1. The molecule has 0 saturated carbocycles. The van der Waals surface area contributed by atoms with E-state index < -0.39 is 5.97 Å². The number of benzene rings is 1. The lowest BCUT2D eigenvalue weighted by molar-refractivity contribution is -0.137. The summed E-state index contributed by atoms with van der Waals surface area (Å²) in [5, 5.41) is 10.1. The molecule has 0 aliphatic rings. The molecule has 1 aromatic carbocycles. The van der Waals surface area contributed by atoms with E-state index in [2.05, 4.69) is 0 Å². The second-order valence-electron chi connectivity index (χ2n) is 3.90. The summed E-state index contributed by atoms with van der Waals surface area (Å²) in [5.74, 6) is -0.834. The van der Waals surface area contributed by atoms with Crippen molar-refractivity contribution < 1.29 is 9.90 Å². The molecule has 17 heavy (non-hydrogen) atoms. The van der Waals surface area contributed by atoms with Crippen molar-refractivity contribution in [3.63, 3.8) is 0 Å². The van der Waals surface area contributed by atoms with E-state index in [0.29, 0.717) is 18.4 Å². The molecule has 88 valence electrons. The molecule has 0 aliphatic carbocycles. The van der Waals surface area contributed by atoms with E-state index >= 15 is 0 Å². The van der Waals surface area contributed by atoms with Crippen LogP contribution >= 0.6 is 0 Å². The van der Waals surface area contributed by atoms with Crippen molar-refractivity contribution in [1.29, 1.82) is 0 Å². The summed E-state index contributed by atoms with van der Waals surface area (Å²) in [6.07, 6.45) is 2.26. The number of rotatable bonds is 4. The maximum atomic E-state index is 12.0. The van der Waals surface area contributed by atoms with Crippen LogP contribution in [-0.4, -0.2) is 15.6 Å². The number of hydrogen-bond donors (Lipinski definition) is 1. The number of aryl methyl sites for hydroxylation is 1. The largest absolute Gasteiger partial charge is 0.481 e. The summed E-state index contributed by atoms with van der Waals surface area (Å²) in [5.41, 5.74) is -0.0616. The third-order valence-corrected chi connectivity index (χ3v) is 2.68. The van der Waals surface area contributed by atoms with Crippen molar-refractivity contribution in [3.05, 3.63) is 46.9 Å². The third kappa shape index (κ3) is 2.53. The number of carboxylic acid groups (broad SMARTS) is 1. The molecule has 2 rings (SSSR count). The molecule has 0 unspecified atom stereocenters. The van der Waals surface area contributed by atoms with Gasteiger partial charge in [-0.2, -0.15) is 0 Å². The lowest BCUT2D eigenvalue weighted by Crippen LogP contribution is -2.19. The van der Waals surface area contributed by atoms with Gasteiger partial charge in [-0.3, -0.25) is 9.59 Å². The number of hydrogen-bond acceptors (Lipinski definition) is 2. The zero-order valence-corrected chi connectivity index (χ0v) is 9.30. The SMILES string of the molecule is O=C(O)CCCn1ccc2ccccc2c1=O. The van der Waals surface area contributed by atoms with E-state index in [4.69, 9.17) is 5.11 Å². The molecule has 1 heterocycles. The van der Waals surface area contributed by atoms with Gasteiger partial charge in [0.2, 0.25) is 0 Å². The Morgan fingerprint density at radius 3 is 2.76 bits per heavy atom. The average Bonchev–Trinajstić information content (AvgIpc) is 2.32. The van der Waals surface area contributed by atoms with Gasteiger partial charge in [0.05, 0.1) is 0 Å². The molecule has 0 atom stereocenters. The van der Waals surface area contributed by atoms with E-state index in [1.165, 1.54) is 0 Å². The van der Waals surface area contributed by atoms with Gasteiger partial charge in [-0.25, -0.2) is 0 Å². The van der Waals surface area contributed by atoms with Crippen LogP contribution in [0.1, 0.15) is 12.8 Å². The van der Waals surface area contributed by atoms with Gasteiger partial charge in [-0.05, 0) is 23.9 Å². The summed E-state index contributed by atoms with van der Waals surface area (Å²) in [7, 11) is 0. The van der Waals surface area contributed by atoms with Crippen LogP contribution in [0, 0.1) is 0 Å². The van der Waals surface area contributed by atoms with Crippen molar-refractivity contribution in [2.45, 2.75) is 19.4 Å². The van der Waals surface area contributed by atoms with Gasteiger partial charge in [0.1, 0.15) is 0 Å². The molecular weight excluding hydrogens is 218 g/mol. The molecule has 0 spiro atoms. The smallest absolute Gasteiger partial charge is 0.303 e. The van der Waals surface area contributed by atoms with E-state index in [1.54, 1.807) is 16.8 Å². The minimum atomic E-state index is -0.834. The Morgan fingerprint density at radius 1 is 1.24 bits per heavy atom. The fourth-order valence-electron chi connectivity index (χ4n) is 1.81. The van der Waals surface area contributed by atoms with E-state index in [9.17, 15) is 9.59 Å². The summed E-state index contributed by atoms with van der Waals surface area (Å²) >= 11 is 0. The predicted molar refractivity (Wildman–Crippen MR) is 65.1 cm³/mol. The normalized spacial score (nSPS) is 10.6. The van der Waals surface area contributed by atoms with Crippen LogP contribution in [0.15, 0.2) is 41.3 Å². The van der Waals surface area contributed by atoms with Crippen LogP contribution in [0.2, 0.25) is 0 Å². The van der Waals surface area contributed by atoms with Gasteiger partial charge in [-0.1, -0.05) is 18.2 Å². The molecular formula is C13H13NO3. The molecule has 0 radical (unpaired) electrons. The highest BCUT2D eigenvalue weighted by Gasteiger charge is 2.02. The zero-order chi connectivity index (χ0) is 12.3. The first-order valence-electron chi connectivity index (χ1n) is 5.48. The number of pyridine rings is 1. The van der Waals surface area contributed by atoms with Crippen LogP contribution in [0.4, 0.5) is 0 Å². The maximum absolute atomic E-state index is 12.0. The standard InChI is InChI=1S/C13H13NO3/c15-12(16)6-3-8-14-9-7-10-4-1-2-5-11(10)13(14)17/h1-2,4-5,7,9H,3,6,8H2,(H,15,16). The van der Waals surface area contributed by atoms with E-state index in [1.807, 2.05) is 24.3 Å². The Kier molecular flexibility index (Phi) is 3.23. The van der Waals surface area contributed by atoms with Gasteiger partial charge < -0.3 is 9.67 Å².